The van der Waals surface area contributed by atoms with E-state index in [1.807, 2.05) is 51.0 Å². The van der Waals surface area contributed by atoms with Crippen LogP contribution >= 0.6 is 0 Å². The first-order valence-corrected chi connectivity index (χ1v) is 9.45. The van der Waals surface area contributed by atoms with Gasteiger partial charge in [0.15, 0.2) is 0 Å². The Morgan fingerprint density at radius 2 is 1.73 bits per heavy atom. The summed E-state index contributed by atoms with van der Waals surface area (Å²) >= 11 is 0. The van der Waals surface area contributed by atoms with Gasteiger partial charge in [0.2, 0.25) is 11.9 Å². The fourth-order valence-electron chi connectivity index (χ4n) is 3.40. The molecule has 1 aliphatic carbocycles. The van der Waals surface area contributed by atoms with Crippen LogP contribution in [0.15, 0.2) is 24.3 Å². The lowest BCUT2D eigenvalue weighted by atomic mass is 9.91. The molecule has 0 atom stereocenters. The Hall–Kier alpha value is -2.37. The third-order valence-corrected chi connectivity index (χ3v) is 4.94. The van der Waals surface area contributed by atoms with Crippen molar-refractivity contribution in [3.8, 4) is 0 Å². The summed E-state index contributed by atoms with van der Waals surface area (Å²) in [5, 5.41) is 7.71. The van der Waals surface area contributed by atoms with E-state index in [0.29, 0.717) is 12.0 Å². The van der Waals surface area contributed by atoms with E-state index in [9.17, 15) is 4.79 Å². The van der Waals surface area contributed by atoms with Gasteiger partial charge in [0, 0.05) is 37.5 Å². The van der Waals surface area contributed by atoms with E-state index in [-0.39, 0.29) is 17.9 Å². The fourth-order valence-corrected chi connectivity index (χ4v) is 3.40. The number of rotatable bonds is 5. The molecule has 0 radical (unpaired) electrons. The molecule has 140 valence electrons. The molecule has 26 heavy (non-hydrogen) atoms. The first-order chi connectivity index (χ1) is 12.4. The second-order valence-corrected chi connectivity index (χ2v) is 7.64. The zero-order valence-corrected chi connectivity index (χ0v) is 16.1. The van der Waals surface area contributed by atoms with Crippen LogP contribution in [0.3, 0.4) is 0 Å². The van der Waals surface area contributed by atoms with Crippen LogP contribution in [0, 0.1) is 5.92 Å². The Bertz CT molecular complexity index is 766. The van der Waals surface area contributed by atoms with Crippen LogP contribution in [0.2, 0.25) is 0 Å². The number of carbonyl (C=O) groups is 1. The summed E-state index contributed by atoms with van der Waals surface area (Å²) in [5.74, 6) is 1.80. The van der Waals surface area contributed by atoms with Crippen LogP contribution in [-0.2, 0) is 4.79 Å². The molecule has 6 heteroatoms. The van der Waals surface area contributed by atoms with Gasteiger partial charge in [-0.05, 0) is 37.8 Å². The molecule has 3 rings (SSSR count). The molecule has 1 aromatic carbocycles. The van der Waals surface area contributed by atoms with Crippen molar-refractivity contribution < 1.29 is 4.79 Å². The molecule has 0 saturated heterocycles. The maximum absolute atomic E-state index is 11.9. The van der Waals surface area contributed by atoms with Gasteiger partial charge in [0.25, 0.3) is 0 Å². The second kappa shape index (κ2) is 7.89. The highest BCUT2D eigenvalue weighted by Gasteiger charge is 2.24. The molecule has 1 aliphatic rings. The van der Waals surface area contributed by atoms with E-state index < -0.39 is 0 Å². The van der Waals surface area contributed by atoms with Gasteiger partial charge in [-0.2, -0.15) is 4.98 Å². The largest absolute Gasteiger partial charge is 0.362 e. The zero-order chi connectivity index (χ0) is 18.7. The predicted octanol–water partition coefficient (Wildman–Crippen LogP) is 3.19. The second-order valence-electron chi connectivity index (χ2n) is 7.64. The number of hydrogen-bond donors (Lipinski definition) is 2. The SMILES string of the molecule is CC(C)C(=O)N[C@H]1CC[C@@H](Nc2nc(N(C)C)c3ccccc3n2)CC1. The van der Waals surface area contributed by atoms with E-state index >= 15 is 0 Å². The molecule has 0 aliphatic heterocycles. The van der Waals surface area contributed by atoms with Gasteiger partial charge in [0.05, 0.1) is 5.52 Å². The molecular formula is C20H29N5O. The number of nitrogens with zero attached hydrogens (tertiary/aromatic N) is 3. The molecule has 2 N–H and O–H groups in total. The monoisotopic (exact) mass is 355 g/mol. The number of carbonyl (C=O) groups excluding carboxylic acids is 1. The topological polar surface area (TPSA) is 70.2 Å². The summed E-state index contributed by atoms with van der Waals surface area (Å²) in [6, 6.07) is 8.72. The molecule has 6 nitrogen and oxygen atoms in total. The summed E-state index contributed by atoms with van der Waals surface area (Å²) in [5.41, 5.74) is 0.951. The molecule has 1 fully saturated rings. The molecule has 0 bridgehead atoms. The Morgan fingerprint density at radius 1 is 1.08 bits per heavy atom. The van der Waals surface area contributed by atoms with Gasteiger partial charge < -0.3 is 15.5 Å². The Labute approximate surface area is 155 Å². The third kappa shape index (κ3) is 4.23. The van der Waals surface area contributed by atoms with Gasteiger partial charge in [-0.25, -0.2) is 4.98 Å². The van der Waals surface area contributed by atoms with Gasteiger partial charge in [-0.1, -0.05) is 26.0 Å². The van der Waals surface area contributed by atoms with Gasteiger partial charge in [-0.3, -0.25) is 4.79 Å². The highest BCUT2D eigenvalue weighted by Crippen LogP contribution is 2.26. The standard InChI is InChI=1S/C20H29N5O/c1-13(2)19(26)21-14-9-11-15(12-10-14)22-20-23-17-8-6-5-7-16(17)18(24-20)25(3)4/h5-8,13-15H,9-12H2,1-4H3,(H,21,26)(H,22,23,24)/t14-,15+. The molecule has 0 spiro atoms. The van der Waals surface area contributed by atoms with E-state index in [2.05, 4.69) is 21.7 Å². The number of nitrogens with one attached hydrogen (secondary N) is 2. The molecular weight excluding hydrogens is 326 g/mol. The van der Waals surface area contributed by atoms with Gasteiger partial charge in [0.1, 0.15) is 5.82 Å². The third-order valence-electron chi connectivity index (χ3n) is 4.94. The average Bonchev–Trinajstić information content (AvgIpc) is 2.62. The normalized spacial score (nSPS) is 20.2. The van der Waals surface area contributed by atoms with Gasteiger partial charge in [-0.15, -0.1) is 0 Å². The van der Waals surface area contributed by atoms with Crippen molar-refractivity contribution in [2.45, 2.75) is 51.6 Å². The first-order valence-electron chi connectivity index (χ1n) is 9.45. The summed E-state index contributed by atoms with van der Waals surface area (Å²) in [4.78, 5) is 23.3. The number of benzene rings is 1. The van der Waals surface area contributed by atoms with Crippen LogP contribution in [0.5, 0.6) is 0 Å². The number of amides is 1. The molecule has 2 aromatic rings. The van der Waals surface area contributed by atoms with Crippen LogP contribution in [0.25, 0.3) is 10.9 Å². The Balaban J connectivity index is 1.66. The lowest BCUT2D eigenvalue weighted by Crippen LogP contribution is -2.41. The minimum Gasteiger partial charge on any atom is -0.362 e. The molecule has 0 unspecified atom stereocenters. The maximum atomic E-state index is 11.9. The summed E-state index contributed by atoms with van der Waals surface area (Å²) in [7, 11) is 4.00. The van der Waals surface area contributed by atoms with Crippen LogP contribution < -0.4 is 15.5 Å². The van der Waals surface area contributed by atoms with Crippen LogP contribution in [-0.4, -0.2) is 42.1 Å². The quantitative estimate of drug-likeness (QED) is 0.862. The number of fused-ring (bicyclic) bond motifs is 1. The van der Waals surface area contributed by atoms with E-state index in [0.717, 1.165) is 42.4 Å². The van der Waals surface area contributed by atoms with E-state index in [4.69, 9.17) is 4.98 Å². The van der Waals surface area contributed by atoms with Crippen LogP contribution in [0.1, 0.15) is 39.5 Å². The van der Waals surface area contributed by atoms with E-state index in [1.54, 1.807) is 0 Å². The highest BCUT2D eigenvalue weighted by molar-refractivity contribution is 5.90. The van der Waals surface area contributed by atoms with Crippen LogP contribution in [0.4, 0.5) is 11.8 Å². The minimum atomic E-state index is 0.0429. The number of anilines is 2. The number of aromatic nitrogens is 2. The molecule has 1 aromatic heterocycles. The number of hydrogen-bond acceptors (Lipinski definition) is 5. The minimum absolute atomic E-state index is 0.0429. The lowest BCUT2D eigenvalue weighted by Gasteiger charge is -2.30. The lowest BCUT2D eigenvalue weighted by molar-refractivity contribution is -0.124. The summed E-state index contributed by atoms with van der Waals surface area (Å²) in [6.07, 6.45) is 4.00. The summed E-state index contributed by atoms with van der Waals surface area (Å²) < 4.78 is 0. The maximum Gasteiger partial charge on any atom is 0.225 e. The predicted molar refractivity (Wildman–Crippen MR) is 107 cm³/mol. The van der Waals surface area contributed by atoms with Crippen molar-refractivity contribution in [1.82, 2.24) is 15.3 Å². The fraction of sp³-hybridized carbons (Fsp3) is 0.550. The zero-order valence-electron chi connectivity index (χ0n) is 16.1. The molecule has 1 heterocycles. The Morgan fingerprint density at radius 3 is 2.38 bits per heavy atom. The van der Waals surface area contributed by atoms with E-state index in [1.165, 1.54) is 0 Å². The van der Waals surface area contributed by atoms with Crippen molar-refractivity contribution in [3.63, 3.8) is 0 Å². The summed E-state index contributed by atoms with van der Waals surface area (Å²) in [6.45, 7) is 3.86. The van der Waals surface area contributed by atoms with Crippen molar-refractivity contribution in [3.05, 3.63) is 24.3 Å². The first kappa shape index (κ1) is 18.4. The number of para-hydroxylation sites is 1. The highest BCUT2D eigenvalue weighted by atomic mass is 16.1. The molecule has 1 amide bonds. The van der Waals surface area contributed by atoms with Gasteiger partial charge >= 0.3 is 0 Å². The van der Waals surface area contributed by atoms with Crippen molar-refractivity contribution in [1.29, 1.82) is 0 Å². The molecule has 1 saturated carbocycles. The Kier molecular flexibility index (Phi) is 5.59. The van der Waals surface area contributed by atoms with Crippen molar-refractivity contribution >= 4 is 28.6 Å². The van der Waals surface area contributed by atoms with Crippen molar-refractivity contribution in [2.75, 3.05) is 24.3 Å². The smallest absolute Gasteiger partial charge is 0.225 e. The average molecular weight is 355 g/mol. The van der Waals surface area contributed by atoms with Crippen molar-refractivity contribution in [2.24, 2.45) is 5.92 Å².